The third-order valence-electron chi connectivity index (χ3n) is 3.35. The van der Waals surface area contributed by atoms with Crippen molar-refractivity contribution in [3.63, 3.8) is 0 Å². The second-order valence-corrected chi connectivity index (χ2v) is 6.56. The first-order chi connectivity index (χ1) is 7.74. The molecule has 2 aliphatic carbocycles. The smallest absolute Gasteiger partial charge is 0.0962 e. The number of nitrogens with one attached hydrogen (secondary N) is 1. The first kappa shape index (κ1) is 10.7. The van der Waals surface area contributed by atoms with E-state index in [0.29, 0.717) is 5.92 Å². The first-order valence-electron chi connectivity index (χ1n) is 6.47. The molecule has 88 valence electrons. The van der Waals surface area contributed by atoms with Crippen LogP contribution in [-0.2, 0) is 6.54 Å². The molecule has 0 aliphatic heterocycles. The Balaban J connectivity index is 1.75. The van der Waals surface area contributed by atoms with Crippen LogP contribution in [0.2, 0.25) is 0 Å². The van der Waals surface area contributed by atoms with E-state index in [-0.39, 0.29) is 0 Å². The van der Waals surface area contributed by atoms with E-state index in [9.17, 15) is 0 Å². The Hall–Kier alpha value is -0.410. The van der Waals surface area contributed by atoms with Gasteiger partial charge in [-0.1, -0.05) is 13.8 Å². The molecule has 1 aromatic heterocycles. The number of nitrogens with zero attached hydrogens (tertiary/aromatic N) is 1. The van der Waals surface area contributed by atoms with E-state index in [1.165, 1.54) is 41.3 Å². The van der Waals surface area contributed by atoms with Gasteiger partial charge in [0.2, 0.25) is 0 Å². The summed E-state index contributed by atoms with van der Waals surface area (Å²) >= 11 is 1.95. The molecule has 2 nitrogen and oxygen atoms in total. The summed E-state index contributed by atoms with van der Waals surface area (Å²) in [4.78, 5) is 6.34. The lowest BCUT2D eigenvalue weighted by molar-refractivity contribution is 0.680. The monoisotopic (exact) mass is 236 g/mol. The molecule has 3 rings (SSSR count). The van der Waals surface area contributed by atoms with E-state index in [0.717, 1.165) is 18.5 Å². The minimum atomic E-state index is 0.569. The highest BCUT2D eigenvalue weighted by Crippen LogP contribution is 2.43. The van der Waals surface area contributed by atoms with E-state index >= 15 is 0 Å². The number of thiazole rings is 1. The van der Waals surface area contributed by atoms with Crippen LogP contribution in [0.4, 0.5) is 0 Å². The van der Waals surface area contributed by atoms with E-state index in [1.807, 2.05) is 11.3 Å². The SMILES string of the molecule is CC(C)c1nc(C2CC2)sc1CNC1CC1. The van der Waals surface area contributed by atoms with Crippen molar-refractivity contribution in [1.29, 1.82) is 0 Å². The lowest BCUT2D eigenvalue weighted by atomic mass is 10.1. The normalized spacial score (nSPS) is 20.7. The summed E-state index contributed by atoms with van der Waals surface area (Å²) in [6.07, 6.45) is 5.46. The predicted octanol–water partition coefficient (Wildman–Crippen LogP) is 3.40. The van der Waals surface area contributed by atoms with Gasteiger partial charge in [0.25, 0.3) is 0 Å². The fraction of sp³-hybridized carbons (Fsp3) is 0.769. The summed E-state index contributed by atoms with van der Waals surface area (Å²) in [6, 6.07) is 0.798. The van der Waals surface area contributed by atoms with Gasteiger partial charge in [0.05, 0.1) is 10.7 Å². The third-order valence-corrected chi connectivity index (χ3v) is 4.58. The second kappa shape index (κ2) is 4.11. The molecule has 2 fully saturated rings. The predicted molar refractivity (Wildman–Crippen MR) is 68.0 cm³/mol. The Morgan fingerprint density at radius 3 is 2.62 bits per heavy atom. The van der Waals surface area contributed by atoms with Crippen LogP contribution < -0.4 is 5.32 Å². The Bertz CT molecular complexity index is 375. The van der Waals surface area contributed by atoms with Crippen LogP contribution in [-0.4, -0.2) is 11.0 Å². The molecule has 16 heavy (non-hydrogen) atoms. The van der Waals surface area contributed by atoms with Crippen LogP contribution in [0.1, 0.15) is 66.9 Å². The van der Waals surface area contributed by atoms with Crippen molar-refractivity contribution in [1.82, 2.24) is 10.3 Å². The van der Waals surface area contributed by atoms with Crippen molar-refractivity contribution in [2.45, 2.75) is 64.0 Å². The zero-order valence-corrected chi connectivity index (χ0v) is 10.9. The van der Waals surface area contributed by atoms with Gasteiger partial charge in [-0.2, -0.15) is 0 Å². The summed E-state index contributed by atoms with van der Waals surface area (Å²) in [5, 5.41) is 5.01. The minimum absolute atomic E-state index is 0.569. The summed E-state index contributed by atoms with van der Waals surface area (Å²) in [5.41, 5.74) is 1.35. The van der Waals surface area contributed by atoms with Crippen molar-refractivity contribution in [2.24, 2.45) is 0 Å². The number of rotatable bonds is 5. The Kier molecular flexibility index (Phi) is 2.76. The average molecular weight is 236 g/mol. The molecular formula is C13H20N2S. The zero-order valence-electron chi connectivity index (χ0n) is 10.1. The standard InChI is InChI=1S/C13H20N2S/c1-8(2)12-11(7-14-10-5-6-10)16-13(15-12)9-3-4-9/h8-10,14H,3-7H2,1-2H3. The van der Waals surface area contributed by atoms with Gasteiger partial charge < -0.3 is 5.32 Å². The van der Waals surface area contributed by atoms with Gasteiger partial charge in [-0.25, -0.2) is 4.98 Å². The molecule has 0 saturated heterocycles. The molecule has 3 heteroatoms. The van der Waals surface area contributed by atoms with Gasteiger partial charge in [-0.05, 0) is 31.6 Å². The summed E-state index contributed by atoms with van der Waals surface area (Å²) in [6.45, 7) is 5.56. The van der Waals surface area contributed by atoms with E-state index in [2.05, 4.69) is 19.2 Å². The number of hydrogen-bond donors (Lipinski definition) is 1. The van der Waals surface area contributed by atoms with Crippen LogP contribution in [0.25, 0.3) is 0 Å². The minimum Gasteiger partial charge on any atom is -0.309 e. The van der Waals surface area contributed by atoms with Gasteiger partial charge in [0.15, 0.2) is 0 Å². The fourth-order valence-electron chi connectivity index (χ4n) is 1.99. The summed E-state index contributed by atoms with van der Waals surface area (Å²) in [5.74, 6) is 1.37. The molecule has 0 spiro atoms. The molecule has 1 heterocycles. The second-order valence-electron chi connectivity index (χ2n) is 5.44. The molecule has 1 N–H and O–H groups in total. The first-order valence-corrected chi connectivity index (χ1v) is 7.28. The van der Waals surface area contributed by atoms with Crippen molar-refractivity contribution in [3.8, 4) is 0 Å². The van der Waals surface area contributed by atoms with Crippen LogP contribution in [0, 0.1) is 0 Å². The summed E-state index contributed by atoms with van der Waals surface area (Å²) in [7, 11) is 0. The van der Waals surface area contributed by atoms with Crippen LogP contribution >= 0.6 is 11.3 Å². The van der Waals surface area contributed by atoms with Crippen molar-refractivity contribution >= 4 is 11.3 Å². The van der Waals surface area contributed by atoms with Gasteiger partial charge >= 0.3 is 0 Å². The van der Waals surface area contributed by atoms with Crippen molar-refractivity contribution in [3.05, 3.63) is 15.6 Å². The topological polar surface area (TPSA) is 24.9 Å². The lowest BCUT2D eigenvalue weighted by Gasteiger charge is -2.05. The molecule has 1 aromatic rings. The molecule has 2 saturated carbocycles. The Morgan fingerprint density at radius 1 is 1.31 bits per heavy atom. The number of hydrogen-bond acceptors (Lipinski definition) is 3. The lowest BCUT2D eigenvalue weighted by Crippen LogP contribution is -2.15. The average Bonchev–Trinajstić information content (AvgIpc) is 3.14. The molecule has 0 bridgehead atoms. The molecule has 2 aliphatic rings. The maximum absolute atomic E-state index is 4.85. The zero-order chi connectivity index (χ0) is 11.1. The van der Waals surface area contributed by atoms with Crippen LogP contribution in [0.15, 0.2) is 0 Å². The molecule has 0 atom stereocenters. The van der Waals surface area contributed by atoms with Crippen LogP contribution in [0.3, 0.4) is 0 Å². The molecule has 0 radical (unpaired) electrons. The van der Waals surface area contributed by atoms with Crippen molar-refractivity contribution < 1.29 is 0 Å². The van der Waals surface area contributed by atoms with Gasteiger partial charge in [0.1, 0.15) is 0 Å². The number of aromatic nitrogens is 1. The largest absolute Gasteiger partial charge is 0.309 e. The quantitative estimate of drug-likeness (QED) is 0.847. The van der Waals surface area contributed by atoms with Gasteiger partial charge in [0, 0.05) is 23.4 Å². The fourth-order valence-corrected chi connectivity index (χ4v) is 3.33. The van der Waals surface area contributed by atoms with Crippen molar-refractivity contribution in [2.75, 3.05) is 0 Å². The Labute approximate surface area is 101 Å². The maximum atomic E-state index is 4.85. The highest BCUT2D eigenvalue weighted by molar-refractivity contribution is 7.11. The third kappa shape index (κ3) is 2.30. The highest BCUT2D eigenvalue weighted by atomic mass is 32.1. The molecule has 0 amide bonds. The van der Waals surface area contributed by atoms with E-state index in [1.54, 1.807) is 0 Å². The summed E-state index contributed by atoms with van der Waals surface area (Å²) < 4.78 is 0. The molecule has 0 unspecified atom stereocenters. The molecule has 0 aromatic carbocycles. The Morgan fingerprint density at radius 2 is 2.06 bits per heavy atom. The van der Waals surface area contributed by atoms with Crippen LogP contribution in [0.5, 0.6) is 0 Å². The van der Waals surface area contributed by atoms with Gasteiger partial charge in [-0.3, -0.25) is 0 Å². The maximum Gasteiger partial charge on any atom is 0.0962 e. The molecular weight excluding hydrogens is 216 g/mol. The van der Waals surface area contributed by atoms with E-state index < -0.39 is 0 Å². The van der Waals surface area contributed by atoms with Gasteiger partial charge in [-0.15, -0.1) is 11.3 Å². The highest BCUT2D eigenvalue weighted by Gasteiger charge is 2.29. The van der Waals surface area contributed by atoms with E-state index in [4.69, 9.17) is 4.98 Å².